The first-order valence-electron chi connectivity index (χ1n) is 11.6. The number of hydrogen-bond donors (Lipinski definition) is 2. The minimum atomic E-state index is -0.196. The van der Waals surface area contributed by atoms with Gasteiger partial charge >= 0.3 is 0 Å². The molecule has 2 aromatic carbocycles. The normalized spacial score (nSPS) is 18.3. The van der Waals surface area contributed by atoms with Crippen molar-refractivity contribution in [2.75, 3.05) is 24.6 Å². The molecule has 180 valence electrons. The highest BCUT2D eigenvalue weighted by atomic mass is 35.5. The number of piperidine rings is 1. The van der Waals surface area contributed by atoms with Gasteiger partial charge in [0, 0.05) is 30.8 Å². The molecule has 1 saturated heterocycles. The lowest BCUT2D eigenvalue weighted by molar-refractivity contribution is 0.187. The van der Waals surface area contributed by atoms with E-state index >= 15 is 0 Å². The Labute approximate surface area is 214 Å². The van der Waals surface area contributed by atoms with Crippen LogP contribution in [0.1, 0.15) is 41.4 Å². The number of aliphatic hydroxyl groups excluding tert-OH is 1. The van der Waals surface area contributed by atoms with Crippen molar-refractivity contribution in [3.63, 3.8) is 0 Å². The largest absolute Gasteiger partial charge is 0.384 e. The van der Waals surface area contributed by atoms with Crippen molar-refractivity contribution in [1.82, 2.24) is 9.55 Å². The number of benzene rings is 2. The lowest BCUT2D eigenvalue weighted by Gasteiger charge is -2.42. The summed E-state index contributed by atoms with van der Waals surface area (Å²) in [6, 6.07) is 12.9. The third-order valence-electron chi connectivity index (χ3n) is 7.32. The molecule has 0 unspecified atom stereocenters. The summed E-state index contributed by atoms with van der Waals surface area (Å²) in [5.74, 6) is 6.91. The molecule has 35 heavy (non-hydrogen) atoms. The van der Waals surface area contributed by atoms with Crippen LogP contribution in [-0.4, -0.2) is 34.4 Å². The van der Waals surface area contributed by atoms with Crippen molar-refractivity contribution in [1.29, 1.82) is 0 Å². The van der Waals surface area contributed by atoms with Crippen LogP contribution in [0.3, 0.4) is 0 Å². The SMILES string of the molecule is Cc1nc(N2CCC3(CC2)Cc2ccc(C#CCO)cc2[C@H]3N)cc(=O)n1-c1cccc(Cl)c1Cl. The van der Waals surface area contributed by atoms with E-state index in [2.05, 4.69) is 28.9 Å². The molecular weight excluding hydrogens is 483 g/mol. The summed E-state index contributed by atoms with van der Waals surface area (Å²) in [7, 11) is 0. The fraction of sp³-hybridized carbons (Fsp3) is 0.333. The molecule has 1 aromatic heterocycles. The molecule has 5 rings (SSSR count). The topological polar surface area (TPSA) is 84.4 Å². The minimum Gasteiger partial charge on any atom is -0.384 e. The molecule has 2 aliphatic rings. The molecule has 1 aliphatic carbocycles. The van der Waals surface area contributed by atoms with Gasteiger partial charge in [-0.15, -0.1) is 0 Å². The van der Waals surface area contributed by atoms with E-state index in [0.29, 0.717) is 27.4 Å². The quantitative estimate of drug-likeness (QED) is 0.510. The standard InChI is InChI=1S/C27H26Cl2N4O2/c1-17-31-23(15-24(35)33(17)22-6-2-5-21(28)25(22)29)32-11-9-27(10-12-32)16-19-8-7-18(4-3-13-34)14-20(19)26(27)30/h2,5-8,14-15,26,34H,9-13,16,30H2,1H3/t26-/m1/s1. The van der Waals surface area contributed by atoms with Crippen molar-refractivity contribution in [3.8, 4) is 17.5 Å². The number of aliphatic hydroxyl groups is 1. The number of fused-ring (bicyclic) bond motifs is 1. The van der Waals surface area contributed by atoms with Crippen LogP contribution in [0.15, 0.2) is 47.3 Å². The van der Waals surface area contributed by atoms with Gasteiger partial charge in [-0.2, -0.15) is 0 Å². The highest BCUT2D eigenvalue weighted by Gasteiger charge is 2.46. The molecule has 6 nitrogen and oxygen atoms in total. The summed E-state index contributed by atoms with van der Waals surface area (Å²) in [5, 5.41) is 9.70. The Kier molecular flexibility index (Phi) is 6.37. The molecule has 8 heteroatoms. The van der Waals surface area contributed by atoms with Crippen molar-refractivity contribution in [2.45, 2.75) is 32.2 Å². The Balaban J connectivity index is 1.36. The Hall–Kier alpha value is -2.82. The third-order valence-corrected chi connectivity index (χ3v) is 8.13. The van der Waals surface area contributed by atoms with E-state index in [1.165, 1.54) is 10.1 Å². The van der Waals surface area contributed by atoms with Gasteiger partial charge in [-0.25, -0.2) is 4.98 Å². The molecule has 1 atom stereocenters. The van der Waals surface area contributed by atoms with Crippen LogP contribution >= 0.6 is 23.2 Å². The van der Waals surface area contributed by atoms with Gasteiger partial charge in [0.25, 0.3) is 5.56 Å². The van der Waals surface area contributed by atoms with Crippen LogP contribution in [0, 0.1) is 24.2 Å². The number of rotatable bonds is 2. The predicted octanol–water partition coefficient (Wildman–Crippen LogP) is 4.03. The maximum atomic E-state index is 13.1. The van der Waals surface area contributed by atoms with Crippen molar-refractivity contribution < 1.29 is 5.11 Å². The monoisotopic (exact) mass is 508 g/mol. The lowest BCUT2D eigenvalue weighted by Crippen LogP contribution is -2.45. The molecule has 0 amide bonds. The molecule has 3 aromatic rings. The molecular formula is C27H26Cl2N4O2. The molecule has 1 aliphatic heterocycles. The maximum absolute atomic E-state index is 13.1. The number of halogens is 2. The Morgan fingerprint density at radius 1 is 1.20 bits per heavy atom. The van der Waals surface area contributed by atoms with Gasteiger partial charge in [-0.05, 0) is 67.0 Å². The second kappa shape index (κ2) is 9.33. The number of nitrogens with two attached hydrogens (primary N) is 1. The van der Waals surface area contributed by atoms with Gasteiger partial charge < -0.3 is 15.7 Å². The third kappa shape index (κ3) is 4.23. The molecule has 1 spiro atoms. The zero-order valence-corrected chi connectivity index (χ0v) is 20.9. The number of aromatic nitrogens is 2. The molecule has 0 saturated carbocycles. The number of hydrogen-bond acceptors (Lipinski definition) is 5. The summed E-state index contributed by atoms with van der Waals surface area (Å²) < 4.78 is 1.49. The van der Waals surface area contributed by atoms with Crippen LogP contribution in [0.4, 0.5) is 5.82 Å². The second-order valence-electron chi connectivity index (χ2n) is 9.29. The minimum absolute atomic E-state index is 0.0137. The number of nitrogens with zero attached hydrogens (tertiary/aromatic N) is 3. The van der Waals surface area contributed by atoms with Crippen molar-refractivity contribution >= 4 is 29.0 Å². The second-order valence-corrected chi connectivity index (χ2v) is 10.1. The van der Waals surface area contributed by atoms with E-state index in [-0.39, 0.29) is 23.6 Å². The van der Waals surface area contributed by atoms with E-state index in [9.17, 15) is 4.79 Å². The van der Waals surface area contributed by atoms with Gasteiger partial charge in [-0.1, -0.05) is 47.2 Å². The van der Waals surface area contributed by atoms with E-state index in [4.69, 9.17) is 39.0 Å². The number of aryl methyl sites for hydroxylation is 1. The van der Waals surface area contributed by atoms with Gasteiger partial charge in [-0.3, -0.25) is 9.36 Å². The first-order valence-corrected chi connectivity index (χ1v) is 12.4. The smallest absolute Gasteiger partial charge is 0.260 e. The highest BCUT2D eigenvalue weighted by molar-refractivity contribution is 6.43. The van der Waals surface area contributed by atoms with E-state index in [1.807, 2.05) is 6.07 Å². The Bertz CT molecular complexity index is 1410. The van der Waals surface area contributed by atoms with Gasteiger partial charge in [0.05, 0.1) is 15.7 Å². The molecule has 0 radical (unpaired) electrons. The number of anilines is 1. The summed E-state index contributed by atoms with van der Waals surface area (Å²) in [6.07, 6.45) is 2.75. The van der Waals surface area contributed by atoms with Crippen LogP contribution in [0.5, 0.6) is 0 Å². The van der Waals surface area contributed by atoms with Crippen molar-refractivity contribution in [3.05, 3.63) is 85.4 Å². The van der Waals surface area contributed by atoms with E-state index < -0.39 is 0 Å². The van der Waals surface area contributed by atoms with Crippen molar-refractivity contribution in [2.24, 2.45) is 11.1 Å². The summed E-state index contributed by atoms with van der Waals surface area (Å²) in [4.78, 5) is 20.0. The van der Waals surface area contributed by atoms with Crippen LogP contribution in [0.2, 0.25) is 10.0 Å². The Morgan fingerprint density at radius 3 is 2.69 bits per heavy atom. The average Bonchev–Trinajstić information content (AvgIpc) is 3.11. The zero-order chi connectivity index (χ0) is 24.7. The zero-order valence-electron chi connectivity index (χ0n) is 19.4. The van der Waals surface area contributed by atoms with Crippen LogP contribution in [0.25, 0.3) is 5.69 Å². The first kappa shape index (κ1) is 23.9. The maximum Gasteiger partial charge on any atom is 0.260 e. The van der Waals surface area contributed by atoms with E-state index in [1.54, 1.807) is 31.2 Å². The van der Waals surface area contributed by atoms with Gasteiger partial charge in [0.1, 0.15) is 18.2 Å². The summed E-state index contributed by atoms with van der Waals surface area (Å²) >= 11 is 12.5. The summed E-state index contributed by atoms with van der Waals surface area (Å²) in [6.45, 7) is 3.18. The predicted molar refractivity (Wildman–Crippen MR) is 140 cm³/mol. The van der Waals surface area contributed by atoms with Gasteiger partial charge in [0.2, 0.25) is 0 Å². The average molecular weight is 509 g/mol. The van der Waals surface area contributed by atoms with Crippen LogP contribution in [-0.2, 0) is 6.42 Å². The highest BCUT2D eigenvalue weighted by Crippen LogP contribution is 2.51. The fourth-order valence-electron chi connectivity index (χ4n) is 5.46. The molecule has 2 heterocycles. The fourth-order valence-corrected chi connectivity index (χ4v) is 5.84. The summed E-state index contributed by atoms with van der Waals surface area (Å²) in [5.41, 5.74) is 10.4. The van der Waals surface area contributed by atoms with Crippen LogP contribution < -0.4 is 16.2 Å². The van der Waals surface area contributed by atoms with E-state index in [0.717, 1.165) is 43.5 Å². The lowest BCUT2D eigenvalue weighted by atomic mass is 9.73. The van der Waals surface area contributed by atoms with Gasteiger partial charge in [0.15, 0.2) is 0 Å². The molecule has 1 fully saturated rings. The Morgan fingerprint density at radius 2 is 1.97 bits per heavy atom. The first-order chi connectivity index (χ1) is 16.8. The molecule has 3 N–H and O–H groups in total. The molecule has 0 bridgehead atoms.